The van der Waals surface area contributed by atoms with Crippen molar-refractivity contribution in [1.29, 1.82) is 0 Å². The van der Waals surface area contributed by atoms with E-state index in [2.05, 4.69) is 22.3 Å². The van der Waals surface area contributed by atoms with Crippen LogP contribution >= 0.6 is 11.6 Å². The van der Waals surface area contributed by atoms with E-state index in [0.29, 0.717) is 39.7 Å². The third-order valence-electron chi connectivity index (χ3n) is 5.27. The van der Waals surface area contributed by atoms with Gasteiger partial charge >= 0.3 is 0 Å². The number of nitrogens with two attached hydrogens (primary N) is 1. The summed E-state index contributed by atoms with van der Waals surface area (Å²) >= 11 is 6.34. The number of ether oxygens (including phenoxy) is 1. The number of rotatable bonds is 11. The van der Waals surface area contributed by atoms with Crippen LogP contribution in [-0.2, 0) is 0 Å². The number of anilines is 1. The van der Waals surface area contributed by atoms with Crippen molar-refractivity contribution in [3.63, 3.8) is 0 Å². The summed E-state index contributed by atoms with van der Waals surface area (Å²) in [6.45, 7) is 6.17. The first-order valence-corrected chi connectivity index (χ1v) is 12.3. The summed E-state index contributed by atoms with van der Waals surface area (Å²) in [5, 5.41) is 7.64. The molecule has 0 aliphatic carbocycles. The minimum Gasteiger partial charge on any atom is -0.460 e. The molecule has 10 heteroatoms. The summed E-state index contributed by atoms with van der Waals surface area (Å²) in [6, 6.07) is 6.66. The Morgan fingerprint density at radius 1 is 1.36 bits per heavy atom. The van der Waals surface area contributed by atoms with Crippen LogP contribution in [0.3, 0.4) is 0 Å². The molecule has 0 saturated carbocycles. The SMILES string of the molecule is CCC/C=C(/C(=C\N(C)CCC)NC(=O)c1c(N)nn2cccnc12)c1cc(Cl)ccc1OC(C)F. The van der Waals surface area contributed by atoms with Gasteiger partial charge in [-0.1, -0.05) is 37.9 Å². The lowest BCUT2D eigenvalue weighted by Crippen LogP contribution is -2.27. The molecule has 1 aromatic carbocycles. The van der Waals surface area contributed by atoms with Gasteiger partial charge in [0.1, 0.15) is 11.3 Å². The van der Waals surface area contributed by atoms with Crippen LogP contribution in [0.5, 0.6) is 5.75 Å². The molecule has 0 aliphatic rings. The normalized spacial score (nSPS) is 13.1. The van der Waals surface area contributed by atoms with Gasteiger partial charge in [-0.05, 0) is 37.1 Å². The maximum atomic E-state index is 13.9. The first kappa shape index (κ1) is 27.0. The monoisotopic (exact) mass is 514 g/mol. The number of allylic oxidation sites excluding steroid dienone is 2. The number of unbranched alkanes of at least 4 members (excludes halogenated alkanes) is 1. The van der Waals surface area contributed by atoms with Crippen molar-refractivity contribution in [1.82, 2.24) is 24.8 Å². The lowest BCUT2D eigenvalue weighted by molar-refractivity contribution is 0.0856. The highest BCUT2D eigenvalue weighted by molar-refractivity contribution is 6.30. The largest absolute Gasteiger partial charge is 0.460 e. The summed E-state index contributed by atoms with van der Waals surface area (Å²) in [7, 11) is 1.91. The zero-order valence-corrected chi connectivity index (χ0v) is 21.7. The fourth-order valence-corrected chi connectivity index (χ4v) is 3.93. The van der Waals surface area contributed by atoms with Gasteiger partial charge in [-0.2, -0.15) is 0 Å². The summed E-state index contributed by atoms with van der Waals surface area (Å²) in [6.07, 6.45) is 7.98. The number of amides is 1. The van der Waals surface area contributed by atoms with Gasteiger partial charge in [0.05, 0.1) is 5.70 Å². The highest BCUT2D eigenvalue weighted by Gasteiger charge is 2.23. The Labute approximate surface area is 215 Å². The second-order valence-corrected chi connectivity index (χ2v) is 8.77. The summed E-state index contributed by atoms with van der Waals surface area (Å²) < 4.78 is 20.8. The molecule has 0 aliphatic heterocycles. The number of carbonyl (C=O) groups is 1. The summed E-state index contributed by atoms with van der Waals surface area (Å²) in [5.74, 6) is -0.0973. The Kier molecular flexibility index (Phi) is 9.30. The number of fused-ring (bicyclic) bond motifs is 1. The lowest BCUT2D eigenvalue weighted by Gasteiger charge is -2.21. The molecule has 1 unspecified atom stereocenters. The van der Waals surface area contributed by atoms with Gasteiger partial charge < -0.3 is 20.7 Å². The molecule has 1 atom stereocenters. The number of carbonyl (C=O) groups excluding carboxylic acids is 1. The highest BCUT2D eigenvalue weighted by Crippen LogP contribution is 2.34. The molecule has 0 bridgehead atoms. The van der Waals surface area contributed by atoms with Gasteiger partial charge in [-0.3, -0.25) is 4.79 Å². The van der Waals surface area contributed by atoms with Gasteiger partial charge in [-0.25, -0.2) is 13.9 Å². The van der Waals surface area contributed by atoms with Crippen LogP contribution < -0.4 is 15.8 Å². The van der Waals surface area contributed by atoms with Crippen molar-refractivity contribution in [3.05, 3.63) is 70.8 Å². The van der Waals surface area contributed by atoms with Crippen LogP contribution in [0.15, 0.2) is 54.6 Å². The van der Waals surface area contributed by atoms with Crippen molar-refractivity contribution >= 4 is 34.5 Å². The van der Waals surface area contributed by atoms with Gasteiger partial charge in [0.15, 0.2) is 11.5 Å². The van der Waals surface area contributed by atoms with Gasteiger partial charge in [-0.15, -0.1) is 5.10 Å². The fourth-order valence-electron chi connectivity index (χ4n) is 3.76. The molecular formula is C26H32ClFN6O2. The molecular weight excluding hydrogens is 483 g/mol. The van der Waals surface area contributed by atoms with Gasteiger partial charge in [0.2, 0.25) is 6.36 Å². The molecule has 2 heterocycles. The lowest BCUT2D eigenvalue weighted by atomic mass is 9.99. The maximum absolute atomic E-state index is 13.9. The average molecular weight is 515 g/mol. The number of hydrogen-bond donors (Lipinski definition) is 2. The highest BCUT2D eigenvalue weighted by atomic mass is 35.5. The molecule has 3 N–H and O–H groups in total. The zero-order valence-electron chi connectivity index (χ0n) is 21.0. The van der Waals surface area contributed by atoms with Crippen molar-refractivity contribution in [2.24, 2.45) is 0 Å². The van der Waals surface area contributed by atoms with E-state index in [4.69, 9.17) is 22.1 Å². The molecule has 0 fully saturated rings. The van der Waals surface area contributed by atoms with Crippen LogP contribution in [0, 0.1) is 0 Å². The Hall–Kier alpha value is -3.59. The minimum absolute atomic E-state index is 0.0598. The molecule has 192 valence electrons. The number of alkyl halides is 1. The number of aromatic nitrogens is 3. The average Bonchev–Trinajstić information content (AvgIpc) is 3.16. The summed E-state index contributed by atoms with van der Waals surface area (Å²) in [4.78, 5) is 19.8. The van der Waals surface area contributed by atoms with E-state index in [1.165, 1.54) is 11.4 Å². The second kappa shape index (κ2) is 12.4. The molecule has 0 radical (unpaired) electrons. The standard InChI is InChI=1S/C26H32ClFN6O2/c1-5-7-9-19(20-15-18(27)10-11-22(20)36-17(3)28)21(16-33(4)13-6-2)31-26(35)23-24(29)32-34-14-8-12-30-25(23)34/h8-12,14-17H,5-7,13H2,1-4H3,(H2,29,32)(H,31,35)/b19-9+,21-16+. The van der Waals surface area contributed by atoms with Crippen molar-refractivity contribution in [3.8, 4) is 5.75 Å². The Balaban J connectivity index is 2.14. The quantitative estimate of drug-likeness (QED) is 0.330. The van der Waals surface area contributed by atoms with E-state index in [-0.39, 0.29) is 11.4 Å². The number of halogens is 2. The maximum Gasteiger partial charge on any atom is 0.263 e. The van der Waals surface area contributed by atoms with Crippen LogP contribution in [0.25, 0.3) is 11.2 Å². The van der Waals surface area contributed by atoms with Gasteiger partial charge in [0.25, 0.3) is 5.91 Å². The first-order chi connectivity index (χ1) is 17.2. The fraction of sp³-hybridized carbons (Fsp3) is 0.346. The third-order valence-corrected chi connectivity index (χ3v) is 5.51. The zero-order chi connectivity index (χ0) is 26.2. The van der Waals surface area contributed by atoms with Crippen LogP contribution in [0.4, 0.5) is 10.2 Å². The Morgan fingerprint density at radius 3 is 2.83 bits per heavy atom. The Morgan fingerprint density at radius 2 is 2.14 bits per heavy atom. The number of nitrogens with one attached hydrogen (secondary N) is 1. The van der Waals surface area contributed by atoms with Gasteiger partial charge in [0, 0.05) is 55.3 Å². The van der Waals surface area contributed by atoms with E-state index < -0.39 is 12.3 Å². The smallest absolute Gasteiger partial charge is 0.263 e. The number of hydrogen-bond acceptors (Lipinski definition) is 6. The molecule has 2 aromatic heterocycles. The molecule has 3 aromatic rings. The topological polar surface area (TPSA) is 97.8 Å². The van der Waals surface area contributed by atoms with Crippen LogP contribution in [0.1, 0.15) is 56.0 Å². The van der Waals surface area contributed by atoms with E-state index >= 15 is 0 Å². The molecule has 36 heavy (non-hydrogen) atoms. The summed E-state index contributed by atoms with van der Waals surface area (Å²) in [5.41, 5.74) is 8.28. The van der Waals surface area contributed by atoms with Crippen molar-refractivity contribution < 1.29 is 13.9 Å². The van der Waals surface area contributed by atoms with E-state index in [9.17, 15) is 9.18 Å². The van der Waals surface area contributed by atoms with Crippen molar-refractivity contribution in [2.45, 2.75) is 46.4 Å². The number of nitrogen functional groups attached to an aromatic ring is 1. The molecule has 8 nitrogen and oxygen atoms in total. The minimum atomic E-state index is -1.54. The second-order valence-electron chi connectivity index (χ2n) is 8.33. The molecule has 0 spiro atoms. The predicted molar refractivity (Wildman–Crippen MR) is 141 cm³/mol. The van der Waals surface area contributed by atoms with E-state index in [0.717, 1.165) is 19.4 Å². The van der Waals surface area contributed by atoms with E-state index in [1.54, 1.807) is 36.7 Å². The van der Waals surface area contributed by atoms with Crippen molar-refractivity contribution in [2.75, 3.05) is 19.3 Å². The number of nitrogens with zero attached hydrogens (tertiary/aromatic N) is 4. The van der Waals surface area contributed by atoms with Crippen LogP contribution in [-0.4, -0.2) is 45.4 Å². The molecule has 1 amide bonds. The molecule has 3 rings (SSSR count). The first-order valence-electron chi connectivity index (χ1n) is 11.9. The third kappa shape index (κ3) is 6.54. The Bertz CT molecular complexity index is 1270. The predicted octanol–water partition coefficient (Wildman–Crippen LogP) is 5.46. The van der Waals surface area contributed by atoms with E-state index in [1.807, 2.05) is 31.1 Å². The molecule has 0 saturated heterocycles. The van der Waals surface area contributed by atoms with Crippen LogP contribution in [0.2, 0.25) is 5.02 Å². The number of benzene rings is 1.